The fourth-order valence-corrected chi connectivity index (χ4v) is 1.28. The summed E-state index contributed by atoms with van der Waals surface area (Å²) in [5.41, 5.74) is 6.57. The van der Waals surface area contributed by atoms with Crippen LogP contribution in [0.1, 0.15) is 11.5 Å². The molecule has 68 valence electrons. The summed E-state index contributed by atoms with van der Waals surface area (Å²) in [5, 5.41) is 13.4. The van der Waals surface area contributed by atoms with E-state index in [0.29, 0.717) is 18.2 Å². The molecular formula is C7H10N6. The van der Waals surface area contributed by atoms with Gasteiger partial charge in [0, 0.05) is 0 Å². The van der Waals surface area contributed by atoms with Gasteiger partial charge in [0.1, 0.15) is 23.0 Å². The van der Waals surface area contributed by atoms with Gasteiger partial charge in [-0.15, -0.1) is 0 Å². The second-order valence-electron chi connectivity index (χ2n) is 2.79. The Morgan fingerprint density at radius 3 is 2.92 bits per heavy atom. The molecule has 0 aromatic carbocycles. The lowest BCUT2D eigenvalue weighted by atomic mass is 10.3. The number of hydrogen-bond acceptors (Lipinski definition) is 5. The Labute approximate surface area is 75.1 Å². The fraction of sp³-hybridized carbons (Fsp3) is 0.286. The van der Waals surface area contributed by atoms with Gasteiger partial charge in [0.2, 0.25) is 0 Å². The van der Waals surface area contributed by atoms with E-state index < -0.39 is 0 Å². The molecule has 2 rings (SSSR count). The number of fused-ring (bicyclic) bond motifs is 1. The molecule has 1 aromatic rings. The van der Waals surface area contributed by atoms with E-state index in [0.717, 1.165) is 11.5 Å². The number of anilines is 2. The molecule has 6 nitrogen and oxygen atoms in total. The van der Waals surface area contributed by atoms with Gasteiger partial charge in [0.05, 0.1) is 6.67 Å². The van der Waals surface area contributed by atoms with Gasteiger partial charge in [-0.3, -0.25) is 5.41 Å². The quantitative estimate of drug-likeness (QED) is 0.354. The van der Waals surface area contributed by atoms with Crippen LogP contribution < -0.4 is 16.4 Å². The zero-order valence-electron chi connectivity index (χ0n) is 7.18. The minimum Gasteiger partial charge on any atom is -0.382 e. The molecular weight excluding hydrogens is 168 g/mol. The maximum Gasteiger partial charge on any atom is 0.155 e. The van der Waals surface area contributed by atoms with Gasteiger partial charge < -0.3 is 16.4 Å². The Balaban J connectivity index is 2.62. The van der Waals surface area contributed by atoms with Gasteiger partial charge in [0.25, 0.3) is 0 Å². The number of hydrogen-bond donors (Lipinski definition) is 4. The summed E-state index contributed by atoms with van der Waals surface area (Å²) in [6.07, 6.45) is 0. The van der Waals surface area contributed by atoms with Crippen LogP contribution in [0.2, 0.25) is 0 Å². The average molecular weight is 178 g/mol. The van der Waals surface area contributed by atoms with Crippen LogP contribution >= 0.6 is 0 Å². The second-order valence-corrected chi connectivity index (χ2v) is 2.79. The van der Waals surface area contributed by atoms with Crippen molar-refractivity contribution in [2.24, 2.45) is 5.73 Å². The molecule has 5 N–H and O–H groups in total. The first-order valence-electron chi connectivity index (χ1n) is 3.89. The third-order valence-electron chi connectivity index (χ3n) is 1.80. The smallest absolute Gasteiger partial charge is 0.155 e. The summed E-state index contributed by atoms with van der Waals surface area (Å²) in [6.45, 7) is 2.38. The maximum atomic E-state index is 7.32. The van der Waals surface area contributed by atoms with Crippen molar-refractivity contribution in [1.82, 2.24) is 9.97 Å². The normalized spacial score (nSPS) is 13.0. The van der Waals surface area contributed by atoms with Crippen molar-refractivity contribution in [2.75, 3.05) is 17.3 Å². The Kier molecular flexibility index (Phi) is 1.54. The van der Waals surface area contributed by atoms with Crippen LogP contribution in [0.5, 0.6) is 0 Å². The highest BCUT2D eigenvalue weighted by atomic mass is 15.2. The first-order chi connectivity index (χ1) is 6.18. The highest BCUT2D eigenvalue weighted by Crippen LogP contribution is 2.26. The minimum absolute atomic E-state index is 0.0436. The van der Waals surface area contributed by atoms with Gasteiger partial charge in [-0.2, -0.15) is 0 Å². The summed E-state index contributed by atoms with van der Waals surface area (Å²) in [7, 11) is 0. The maximum absolute atomic E-state index is 7.32. The Hall–Kier alpha value is -1.85. The van der Waals surface area contributed by atoms with Gasteiger partial charge in [-0.1, -0.05) is 0 Å². The summed E-state index contributed by atoms with van der Waals surface area (Å²) in [6, 6.07) is 0. The van der Waals surface area contributed by atoms with Gasteiger partial charge in [-0.05, 0) is 6.92 Å². The molecule has 2 heterocycles. The number of aromatic nitrogens is 2. The Morgan fingerprint density at radius 2 is 2.23 bits per heavy atom. The number of aryl methyl sites for hydroxylation is 1. The minimum atomic E-state index is -0.0436. The number of nitrogens with two attached hydrogens (primary N) is 1. The number of nitrogen functional groups attached to an aromatic ring is 1. The van der Waals surface area contributed by atoms with E-state index >= 15 is 0 Å². The van der Waals surface area contributed by atoms with Crippen molar-refractivity contribution in [3.8, 4) is 0 Å². The molecule has 0 radical (unpaired) electrons. The van der Waals surface area contributed by atoms with Crippen LogP contribution in [0.15, 0.2) is 0 Å². The van der Waals surface area contributed by atoms with E-state index in [1.165, 1.54) is 0 Å². The lowest BCUT2D eigenvalue weighted by Crippen LogP contribution is -2.16. The number of nitrogens with one attached hydrogen (secondary N) is 3. The first-order valence-corrected chi connectivity index (χ1v) is 3.89. The molecule has 0 bridgehead atoms. The predicted molar refractivity (Wildman–Crippen MR) is 49.9 cm³/mol. The molecule has 0 atom stereocenters. The monoisotopic (exact) mass is 178 g/mol. The van der Waals surface area contributed by atoms with E-state index in [4.69, 9.17) is 11.1 Å². The molecule has 1 aromatic heterocycles. The van der Waals surface area contributed by atoms with E-state index in [-0.39, 0.29) is 5.84 Å². The number of nitrogens with zero attached hydrogens (tertiary/aromatic N) is 2. The van der Waals surface area contributed by atoms with E-state index in [1.807, 2.05) is 0 Å². The third-order valence-corrected chi connectivity index (χ3v) is 1.80. The van der Waals surface area contributed by atoms with Crippen LogP contribution in [0, 0.1) is 12.3 Å². The van der Waals surface area contributed by atoms with Gasteiger partial charge in [-0.25, -0.2) is 9.97 Å². The lowest BCUT2D eigenvalue weighted by Gasteiger charge is -2.05. The van der Waals surface area contributed by atoms with Crippen molar-refractivity contribution in [2.45, 2.75) is 6.92 Å². The van der Waals surface area contributed by atoms with Crippen molar-refractivity contribution in [3.63, 3.8) is 0 Å². The van der Waals surface area contributed by atoms with Gasteiger partial charge in [0.15, 0.2) is 5.82 Å². The Morgan fingerprint density at radius 1 is 1.46 bits per heavy atom. The molecule has 0 saturated heterocycles. The van der Waals surface area contributed by atoms with Crippen molar-refractivity contribution in [3.05, 3.63) is 11.5 Å². The standard InChI is InChI=1S/C7H10N6/c1-3-12-4(6(8)9)5-7(13-3)11-2-10-5/h10H,2H2,1H3,(H3,8,9)(H,11,12,13). The molecule has 0 saturated carbocycles. The highest BCUT2D eigenvalue weighted by molar-refractivity contribution is 6.01. The van der Waals surface area contributed by atoms with Crippen LogP contribution in [0.3, 0.4) is 0 Å². The predicted octanol–water partition coefficient (Wildman–Crippen LogP) is -0.136. The molecule has 6 heteroatoms. The zero-order chi connectivity index (χ0) is 9.42. The number of amidine groups is 1. The first kappa shape index (κ1) is 7.78. The largest absolute Gasteiger partial charge is 0.382 e. The molecule has 1 aliphatic rings. The molecule has 0 aliphatic carbocycles. The molecule has 0 unspecified atom stereocenters. The summed E-state index contributed by atoms with van der Waals surface area (Å²) < 4.78 is 0. The highest BCUT2D eigenvalue weighted by Gasteiger charge is 2.18. The van der Waals surface area contributed by atoms with Crippen molar-refractivity contribution in [1.29, 1.82) is 5.41 Å². The third kappa shape index (κ3) is 1.16. The van der Waals surface area contributed by atoms with E-state index in [1.54, 1.807) is 6.92 Å². The molecule has 13 heavy (non-hydrogen) atoms. The van der Waals surface area contributed by atoms with Crippen LogP contribution in [-0.2, 0) is 0 Å². The number of rotatable bonds is 1. The summed E-state index contributed by atoms with van der Waals surface area (Å²) in [5.74, 6) is 1.29. The molecule has 1 aliphatic heterocycles. The molecule has 0 fully saturated rings. The SMILES string of the molecule is Cc1nc2c(c(C(=N)N)n1)NCN2. The van der Waals surface area contributed by atoms with Crippen LogP contribution in [0.25, 0.3) is 0 Å². The second kappa shape index (κ2) is 2.58. The van der Waals surface area contributed by atoms with E-state index in [9.17, 15) is 0 Å². The topological polar surface area (TPSA) is 99.7 Å². The van der Waals surface area contributed by atoms with Crippen LogP contribution in [-0.4, -0.2) is 22.5 Å². The summed E-state index contributed by atoms with van der Waals surface area (Å²) in [4.78, 5) is 8.24. The molecule has 0 spiro atoms. The van der Waals surface area contributed by atoms with E-state index in [2.05, 4.69) is 20.6 Å². The lowest BCUT2D eigenvalue weighted by molar-refractivity contribution is 1.05. The van der Waals surface area contributed by atoms with Crippen LogP contribution in [0.4, 0.5) is 11.5 Å². The van der Waals surface area contributed by atoms with Gasteiger partial charge >= 0.3 is 0 Å². The van der Waals surface area contributed by atoms with Crippen molar-refractivity contribution >= 4 is 17.3 Å². The average Bonchev–Trinajstić information content (AvgIpc) is 2.49. The molecule has 0 amide bonds. The van der Waals surface area contributed by atoms with Crippen molar-refractivity contribution < 1.29 is 0 Å². The summed E-state index contributed by atoms with van der Waals surface area (Å²) >= 11 is 0. The fourth-order valence-electron chi connectivity index (χ4n) is 1.28. The Bertz CT molecular complexity index is 371. The zero-order valence-corrected chi connectivity index (χ0v) is 7.18.